The van der Waals surface area contributed by atoms with Gasteiger partial charge in [0, 0.05) is 18.5 Å². The summed E-state index contributed by atoms with van der Waals surface area (Å²) in [6.07, 6.45) is -0.439. The van der Waals surface area contributed by atoms with E-state index in [1.165, 1.54) is 5.56 Å². The van der Waals surface area contributed by atoms with Crippen LogP contribution >= 0.6 is 0 Å². The van der Waals surface area contributed by atoms with Crippen LogP contribution < -0.4 is 5.32 Å². The van der Waals surface area contributed by atoms with Crippen molar-refractivity contribution in [3.63, 3.8) is 0 Å². The molecule has 2 aromatic carbocycles. The maximum Gasteiger partial charge on any atom is 0.117 e. The lowest BCUT2D eigenvalue weighted by molar-refractivity contribution is 0.0159. The summed E-state index contributed by atoms with van der Waals surface area (Å²) in [4.78, 5) is 0. The van der Waals surface area contributed by atoms with Gasteiger partial charge in [0.2, 0.25) is 0 Å². The van der Waals surface area contributed by atoms with E-state index >= 15 is 0 Å². The smallest absolute Gasteiger partial charge is 0.117 e. The minimum Gasteiger partial charge on any atom is -0.392 e. The Hall–Kier alpha value is -1.68. The highest BCUT2D eigenvalue weighted by Gasteiger charge is 2.34. The summed E-state index contributed by atoms with van der Waals surface area (Å²) in [5, 5.41) is 25.6. The minimum atomic E-state index is -1.24. The zero-order chi connectivity index (χ0) is 20.3. The lowest BCUT2D eigenvalue weighted by Crippen LogP contribution is -2.43. The zero-order valence-electron chi connectivity index (χ0n) is 17.6. The molecule has 0 aliphatic heterocycles. The average molecular weight is 370 g/mol. The number of aliphatic hydroxyl groups excluding tert-OH is 1. The van der Waals surface area contributed by atoms with Crippen LogP contribution in [0.15, 0.2) is 54.6 Å². The van der Waals surface area contributed by atoms with Crippen molar-refractivity contribution in [2.75, 3.05) is 6.54 Å². The van der Waals surface area contributed by atoms with Crippen molar-refractivity contribution in [2.24, 2.45) is 0 Å². The van der Waals surface area contributed by atoms with Crippen LogP contribution in [0.2, 0.25) is 0 Å². The molecule has 0 bridgehead atoms. The van der Waals surface area contributed by atoms with Crippen LogP contribution in [-0.2, 0) is 11.0 Å². The Morgan fingerprint density at radius 2 is 1.26 bits per heavy atom. The van der Waals surface area contributed by atoms with Gasteiger partial charge in [0.05, 0.1) is 6.10 Å². The lowest BCUT2D eigenvalue weighted by Gasteiger charge is -2.33. The molecule has 0 aromatic heterocycles. The van der Waals surface area contributed by atoms with Gasteiger partial charge in [-0.3, -0.25) is 0 Å². The maximum atomic E-state index is 11.7. The van der Waals surface area contributed by atoms with Gasteiger partial charge in [-0.05, 0) is 42.9 Å². The Bertz CT molecular complexity index is 711. The molecule has 2 unspecified atom stereocenters. The van der Waals surface area contributed by atoms with E-state index in [2.05, 4.69) is 59.0 Å². The van der Waals surface area contributed by atoms with E-state index in [1.807, 2.05) is 42.5 Å². The molecule has 2 atom stereocenters. The largest absolute Gasteiger partial charge is 0.392 e. The average Bonchev–Trinajstić information content (AvgIpc) is 2.59. The van der Waals surface area contributed by atoms with Crippen molar-refractivity contribution < 1.29 is 10.2 Å². The highest BCUT2D eigenvalue weighted by Crippen LogP contribution is 2.35. The van der Waals surface area contributed by atoms with Crippen LogP contribution in [-0.4, -0.2) is 28.4 Å². The van der Waals surface area contributed by atoms with E-state index in [9.17, 15) is 10.2 Å². The Labute approximate surface area is 164 Å². The monoisotopic (exact) mass is 369 g/mol. The summed E-state index contributed by atoms with van der Waals surface area (Å²) >= 11 is 0. The molecule has 2 rings (SSSR count). The van der Waals surface area contributed by atoms with Crippen LogP contribution in [0.1, 0.15) is 64.7 Å². The molecule has 148 valence electrons. The minimum absolute atomic E-state index is 0.0551. The molecule has 0 saturated heterocycles. The molecule has 27 heavy (non-hydrogen) atoms. The van der Waals surface area contributed by atoms with Crippen molar-refractivity contribution in [3.8, 4) is 0 Å². The molecule has 0 spiro atoms. The van der Waals surface area contributed by atoms with E-state index in [4.69, 9.17) is 0 Å². The number of aliphatic hydroxyl groups is 2. The first kappa shape index (κ1) is 21.6. The second kappa shape index (κ2) is 8.14. The molecule has 2 aromatic rings. The number of nitrogens with one attached hydrogen (secondary N) is 1. The number of β-amino-alcohol motifs (C(OH)–C–C–N with tert-alkyl or cyclic N) is 1. The second-order valence-corrected chi connectivity index (χ2v) is 9.54. The number of benzene rings is 2. The zero-order valence-corrected chi connectivity index (χ0v) is 17.6. The number of rotatable bonds is 6. The van der Waals surface area contributed by atoms with Crippen molar-refractivity contribution >= 4 is 0 Å². The van der Waals surface area contributed by atoms with Crippen molar-refractivity contribution in [1.29, 1.82) is 0 Å². The summed E-state index contributed by atoms with van der Waals surface area (Å²) in [5.41, 5.74) is 1.55. The van der Waals surface area contributed by atoms with Gasteiger partial charge in [-0.15, -0.1) is 0 Å². The molecule has 3 heteroatoms. The van der Waals surface area contributed by atoms with E-state index < -0.39 is 11.7 Å². The molecule has 0 aliphatic carbocycles. The quantitative estimate of drug-likeness (QED) is 0.709. The van der Waals surface area contributed by atoms with Gasteiger partial charge in [0.25, 0.3) is 0 Å². The summed E-state index contributed by atoms with van der Waals surface area (Å²) < 4.78 is 0. The molecule has 3 N–H and O–H groups in total. The Morgan fingerprint density at radius 3 is 1.74 bits per heavy atom. The fourth-order valence-corrected chi connectivity index (χ4v) is 3.20. The van der Waals surface area contributed by atoms with E-state index in [0.717, 1.165) is 11.1 Å². The van der Waals surface area contributed by atoms with Gasteiger partial charge >= 0.3 is 0 Å². The molecule has 3 nitrogen and oxygen atoms in total. The number of hydrogen-bond donors (Lipinski definition) is 3. The molecular formula is C24H35NO2. The summed E-state index contributed by atoms with van der Waals surface area (Å²) in [6.45, 7) is 13.1. The van der Waals surface area contributed by atoms with Crippen molar-refractivity contribution in [2.45, 2.75) is 70.6 Å². The SMILES string of the molecule is CC(C)(C)NCC(O)CC(O)(c1ccccc1)c1ccc(C(C)(C)C)cc1. The third kappa shape index (κ3) is 5.90. The van der Waals surface area contributed by atoms with Gasteiger partial charge in [-0.2, -0.15) is 0 Å². The third-order valence-corrected chi connectivity index (χ3v) is 4.88. The highest BCUT2D eigenvalue weighted by atomic mass is 16.3. The summed E-state index contributed by atoms with van der Waals surface area (Å²) in [5.74, 6) is 0. The van der Waals surface area contributed by atoms with Gasteiger partial charge in [-0.25, -0.2) is 0 Å². The molecule has 0 fully saturated rings. The Morgan fingerprint density at radius 1 is 0.778 bits per heavy atom. The maximum absolute atomic E-state index is 11.7. The van der Waals surface area contributed by atoms with Gasteiger partial charge in [-0.1, -0.05) is 75.4 Å². The van der Waals surface area contributed by atoms with Crippen LogP contribution in [0.25, 0.3) is 0 Å². The summed E-state index contributed by atoms with van der Waals surface area (Å²) in [7, 11) is 0. The predicted octanol–water partition coefficient (Wildman–Crippen LogP) is 4.36. The fourth-order valence-electron chi connectivity index (χ4n) is 3.20. The summed E-state index contributed by atoms with van der Waals surface area (Å²) in [6, 6.07) is 17.7. The number of hydrogen-bond acceptors (Lipinski definition) is 3. The normalized spacial score (nSPS) is 16.0. The van der Waals surface area contributed by atoms with Crippen molar-refractivity contribution in [1.82, 2.24) is 5.32 Å². The van der Waals surface area contributed by atoms with Crippen LogP contribution in [0, 0.1) is 0 Å². The van der Waals surface area contributed by atoms with Crippen LogP contribution in [0.4, 0.5) is 0 Å². The molecule has 0 saturated carbocycles. The molecular weight excluding hydrogens is 334 g/mol. The molecule has 0 aliphatic rings. The van der Waals surface area contributed by atoms with Gasteiger partial charge in [0.15, 0.2) is 0 Å². The third-order valence-electron chi connectivity index (χ3n) is 4.88. The Balaban J connectivity index is 2.34. The lowest BCUT2D eigenvalue weighted by atomic mass is 9.79. The van der Waals surface area contributed by atoms with E-state index in [-0.39, 0.29) is 17.4 Å². The first-order valence-corrected chi connectivity index (χ1v) is 9.74. The van der Waals surface area contributed by atoms with E-state index in [0.29, 0.717) is 6.54 Å². The van der Waals surface area contributed by atoms with Crippen LogP contribution in [0.3, 0.4) is 0 Å². The van der Waals surface area contributed by atoms with Gasteiger partial charge < -0.3 is 15.5 Å². The second-order valence-electron chi connectivity index (χ2n) is 9.54. The highest BCUT2D eigenvalue weighted by molar-refractivity contribution is 5.38. The molecule has 0 amide bonds. The first-order chi connectivity index (χ1) is 12.4. The predicted molar refractivity (Wildman–Crippen MR) is 113 cm³/mol. The van der Waals surface area contributed by atoms with Crippen LogP contribution in [0.5, 0.6) is 0 Å². The van der Waals surface area contributed by atoms with E-state index in [1.54, 1.807) is 0 Å². The van der Waals surface area contributed by atoms with Crippen molar-refractivity contribution in [3.05, 3.63) is 71.3 Å². The Kier molecular flexibility index (Phi) is 6.51. The topological polar surface area (TPSA) is 52.5 Å². The molecule has 0 radical (unpaired) electrons. The fraction of sp³-hybridized carbons (Fsp3) is 0.500. The first-order valence-electron chi connectivity index (χ1n) is 9.74. The standard InChI is InChI=1S/C24H35NO2/c1-22(2,3)18-12-14-20(15-13-18)24(27,19-10-8-7-9-11-19)16-21(26)17-25-23(4,5)6/h7-15,21,25-27H,16-17H2,1-6H3. The molecule has 0 heterocycles. The van der Waals surface area contributed by atoms with Gasteiger partial charge in [0.1, 0.15) is 5.60 Å².